The molecule has 0 amide bonds. The lowest BCUT2D eigenvalue weighted by molar-refractivity contribution is -0.254. The normalized spacial score (nSPS) is 19.9. The van der Waals surface area contributed by atoms with E-state index in [2.05, 4.69) is 0 Å². The zero-order valence-corrected chi connectivity index (χ0v) is 19.8. The van der Waals surface area contributed by atoms with Gasteiger partial charge in [-0.15, -0.1) is 45.3 Å². The van der Waals surface area contributed by atoms with Gasteiger partial charge in [-0.3, -0.25) is 0 Å². The lowest BCUT2D eigenvalue weighted by Gasteiger charge is -2.25. The molecule has 0 saturated heterocycles. The van der Waals surface area contributed by atoms with Crippen molar-refractivity contribution < 1.29 is 26.3 Å². The Bertz CT molecular complexity index is 1300. The van der Waals surface area contributed by atoms with E-state index in [1.54, 1.807) is 26.0 Å². The van der Waals surface area contributed by atoms with Crippen LogP contribution in [-0.2, 0) is 0 Å². The highest BCUT2D eigenvalue weighted by atomic mass is 32.1. The number of hydrogen-bond donors (Lipinski definition) is 0. The first kappa shape index (κ1) is 21.5. The molecular formula is C21H14F6S4. The smallest absolute Gasteiger partial charge is 0.194 e. The van der Waals surface area contributed by atoms with E-state index >= 15 is 17.6 Å². The van der Waals surface area contributed by atoms with Crippen molar-refractivity contribution in [1.82, 2.24) is 0 Å². The fourth-order valence-corrected chi connectivity index (χ4v) is 9.14. The molecule has 0 radical (unpaired) electrons. The highest BCUT2D eigenvalue weighted by Gasteiger charge is 2.80. The summed E-state index contributed by atoms with van der Waals surface area (Å²) < 4.78 is 92.5. The van der Waals surface area contributed by atoms with Gasteiger partial charge in [0.1, 0.15) is 0 Å². The largest absolute Gasteiger partial charge is 0.380 e. The Labute approximate surface area is 189 Å². The summed E-state index contributed by atoms with van der Waals surface area (Å²) in [5.74, 6) is -15.6. The number of hydrogen-bond acceptors (Lipinski definition) is 4. The first-order chi connectivity index (χ1) is 14.3. The van der Waals surface area contributed by atoms with Crippen LogP contribution >= 0.6 is 45.3 Å². The molecule has 5 rings (SSSR count). The maximum atomic E-state index is 15.3. The second-order valence-electron chi connectivity index (χ2n) is 7.64. The topological polar surface area (TPSA) is 0 Å². The van der Waals surface area contributed by atoms with Crippen LogP contribution in [0.2, 0.25) is 0 Å². The maximum absolute atomic E-state index is 15.3. The zero-order valence-electron chi connectivity index (χ0n) is 16.6. The van der Waals surface area contributed by atoms with Crippen molar-refractivity contribution in [2.75, 3.05) is 0 Å². The lowest BCUT2D eigenvalue weighted by atomic mass is 9.95. The van der Waals surface area contributed by atoms with Gasteiger partial charge in [0, 0.05) is 51.2 Å². The molecule has 0 atom stereocenters. The van der Waals surface area contributed by atoms with Gasteiger partial charge in [-0.2, -0.15) is 26.3 Å². The first-order valence-corrected chi connectivity index (χ1v) is 12.4. The van der Waals surface area contributed by atoms with Crippen molar-refractivity contribution in [1.29, 1.82) is 0 Å². The summed E-state index contributed by atoms with van der Waals surface area (Å²) in [7, 11) is 0. The number of rotatable bonds is 2. The van der Waals surface area contributed by atoms with Crippen LogP contribution in [0.1, 0.15) is 30.6 Å². The van der Waals surface area contributed by atoms with Crippen molar-refractivity contribution in [3.63, 3.8) is 0 Å². The van der Waals surface area contributed by atoms with Gasteiger partial charge in [-0.1, -0.05) is 0 Å². The van der Waals surface area contributed by atoms with Crippen LogP contribution in [0.4, 0.5) is 26.3 Å². The van der Waals surface area contributed by atoms with Crippen LogP contribution in [0, 0.1) is 27.7 Å². The average Bonchev–Trinajstić information content (AvgIpc) is 3.33. The first-order valence-electron chi connectivity index (χ1n) is 9.17. The Morgan fingerprint density at radius 3 is 1.29 bits per heavy atom. The van der Waals surface area contributed by atoms with Gasteiger partial charge in [-0.25, -0.2) is 0 Å². The highest BCUT2D eigenvalue weighted by Crippen LogP contribution is 2.67. The zero-order chi connectivity index (χ0) is 22.7. The molecule has 0 spiro atoms. The van der Waals surface area contributed by atoms with Crippen molar-refractivity contribution in [3.8, 4) is 0 Å². The minimum absolute atomic E-state index is 0.179. The van der Waals surface area contributed by atoms with Crippen LogP contribution in [0.5, 0.6) is 0 Å². The van der Waals surface area contributed by atoms with Crippen molar-refractivity contribution in [2.24, 2.45) is 0 Å². The molecule has 31 heavy (non-hydrogen) atoms. The van der Waals surface area contributed by atoms with E-state index in [0.717, 1.165) is 55.1 Å². The average molecular weight is 509 g/mol. The molecule has 0 aliphatic heterocycles. The van der Waals surface area contributed by atoms with E-state index in [1.807, 2.05) is 0 Å². The van der Waals surface area contributed by atoms with Gasteiger partial charge < -0.3 is 0 Å². The number of allylic oxidation sites excluding steroid dienone is 2. The molecule has 0 N–H and O–H groups in total. The molecule has 164 valence electrons. The van der Waals surface area contributed by atoms with Gasteiger partial charge in [-0.05, 0) is 39.8 Å². The van der Waals surface area contributed by atoms with Crippen molar-refractivity contribution >= 4 is 75.3 Å². The number of aryl methyl sites for hydroxylation is 4. The molecule has 0 saturated carbocycles. The Morgan fingerprint density at radius 1 is 0.581 bits per heavy atom. The van der Waals surface area contributed by atoms with Crippen LogP contribution < -0.4 is 0 Å². The summed E-state index contributed by atoms with van der Waals surface area (Å²) in [4.78, 5) is 2.25. The molecule has 4 aromatic rings. The fraction of sp³-hybridized carbons (Fsp3) is 0.333. The van der Waals surface area contributed by atoms with E-state index in [-0.39, 0.29) is 11.1 Å². The van der Waals surface area contributed by atoms with Crippen molar-refractivity contribution in [3.05, 3.63) is 42.8 Å². The van der Waals surface area contributed by atoms with Crippen LogP contribution in [0.3, 0.4) is 0 Å². The maximum Gasteiger partial charge on any atom is 0.380 e. The predicted octanol–water partition coefficient (Wildman–Crippen LogP) is 9.30. The Balaban J connectivity index is 1.99. The highest BCUT2D eigenvalue weighted by molar-refractivity contribution is 7.29. The lowest BCUT2D eigenvalue weighted by Crippen LogP contribution is -2.48. The minimum Gasteiger partial charge on any atom is -0.194 e. The summed E-state index contributed by atoms with van der Waals surface area (Å²) >= 11 is 4.63. The monoisotopic (exact) mass is 508 g/mol. The molecule has 0 unspecified atom stereocenters. The van der Waals surface area contributed by atoms with Gasteiger partial charge in [0.25, 0.3) is 0 Å². The predicted molar refractivity (Wildman–Crippen MR) is 120 cm³/mol. The second-order valence-corrected chi connectivity index (χ2v) is 12.7. The number of alkyl halides is 6. The molecule has 4 aromatic heterocycles. The van der Waals surface area contributed by atoms with E-state index in [9.17, 15) is 8.78 Å². The SMILES string of the molecule is Cc1cc2sc(C)c(C3=C(c4c(C)sc5cc(C)sc45)C(F)(F)C(F)(F)C3(F)F)c2s1. The van der Waals surface area contributed by atoms with Crippen molar-refractivity contribution in [2.45, 2.75) is 45.5 Å². The molecule has 0 bridgehead atoms. The molecule has 10 heteroatoms. The fourth-order valence-electron chi connectivity index (χ4n) is 4.20. The van der Waals surface area contributed by atoms with Gasteiger partial charge in [0.2, 0.25) is 0 Å². The van der Waals surface area contributed by atoms with E-state index in [0.29, 0.717) is 28.6 Å². The number of thiophene rings is 4. The van der Waals surface area contributed by atoms with E-state index in [1.165, 1.54) is 13.8 Å². The summed E-state index contributed by atoms with van der Waals surface area (Å²) in [6.07, 6.45) is 0. The third kappa shape index (κ3) is 2.59. The van der Waals surface area contributed by atoms with E-state index < -0.39 is 28.9 Å². The van der Waals surface area contributed by atoms with Gasteiger partial charge in [0.15, 0.2) is 0 Å². The summed E-state index contributed by atoms with van der Waals surface area (Å²) in [6.45, 7) is 6.57. The molecule has 0 aromatic carbocycles. The molecule has 0 nitrogen and oxygen atoms in total. The quantitative estimate of drug-likeness (QED) is 0.237. The summed E-state index contributed by atoms with van der Waals surface area (Å²) in [5.41, 5.74) is -2.83. The molecule has 4 heterocycles. The molecule has 1 aliphatic rings. The van der Waals surface area contributed by atoms with E-state index in [4.69, 9.17) is 0 Å². The van der Waals surface area contributed by atoms with Crippen LogP contribution in [0.25, 0.3) is 29.9 Å². The third-order valence-corrected chi connectivity index (χ3v) is 9.99. The Morgan fingerprint density at radius 2 is 0.935 bits per heavy atom. The summed E-state index contributed by atoms with van der Waals surface area (Å²) in [5, 5.41) is 0. The number of fused-ring (bicyclic) bond motifs is 2. The third-order valence-electron chi connectivity index (χ3n) is 5.49. The van der Waals surface area contributed by atoms with Crippen LogP contribution in [-0.4, -0.2) is 17.8 Å². The van der Waals surface area contributed by atoms with Gasteiger partial charge in [0.05, 0.1) is 9.40 Å². The second kappa shape index (κ2) is 6.36. The molecule has 1 aliphatic carbocycles. The standard InChI is InChI=1S/C21H14F6S4/c1-7-5-11-17(28-7)13(9(3)30-11)15-16(20(24,25)21(26,27)19(15,22)23)14-10(4)31-12-6-8(2)29-18(12)14/h5-6H,1-4H3. The molecule has 0 fully saturated rings. The minimum atomic E-state index is -5.54. The summed E-state index contributed by atoms with van der Waals surface area (Å²) in [6, 6.07) is 3.53. The molecular weight excluding hydrogens is 494 g/mol. The van der Waals surface area contributed by atoms with Gasteiger partial charge >= 0.3 is 17.8 Å². The Kier molecular flexibility index (Phi) is 4.41. The number of halogens is 6. The Hall–Kier alpha value is -1.36. The van der Waals surface area contributed by atoms with Crippen LogP contribution in [0.15, 0.2) is 12.1 Å².